The minimum atomic E-state index is -0.550. The number of amides is 3. The van der Waals surface area contributed by atoms with Crippen molar-refractivity contribution in [1.29, 1.82) is 0 Å². The smallest absolute Gasteiger partial charge is 0.352 e. The summed E-state index contributed by atoms with van der Waals surface area (Å²) < 4.78 is 5.76. The SMILES string of the molecule is Cc1cc(N(OCC2CC2)C(=O)NC(=O)C2CCC2)ccc1Oc1nccs1. The Morgan fingerprint density at radius 2 is 2.11 bits per heavy atom. The van der Waals surface area contributed by atoms with Gasteiger partial charge in [0.25, 0.3) is 5.19 Å². The average Bonchev–Trinajstić information content (AvgIpc) is 3.29. The van der Waals surface area contributed by atoms with Gasteiger partial charge < -0.3 is 4.74 Å². The molecule has 4 rings (SSSR count). The van der Waals surface area contributed by atoms with Crippen LogP contribution in [0.3, 0.4) is 0 Å². The molecule has 0 atom stereocenters. The molecule has 2 aliphatic rings. The molecule has 0 spiro atoms. The predicted octanol–water partition coefficient (Wildman–Crippen LogP) is 4.43. The fraction of sp³-hybridized carbons (Fsp3) is 0.450. The number of aromatic nitrogens is 1. The van der Waals surface area contributed by atoms with Crippen molar-refractivity contribution in [2.75, 3.05) is 11.7 Å². The van der Waals surface area contributed by atoms with Crippen molar-refractivity contribution in [1.82, 2.24) is 10.3 Å². The van der Waals surface area contributed by atoms with Crippen LogP contribution in [0.15, 0.2) is 29.8 Å². The summed E-state index contributed by atoms with van der Waals surface area (Å²) >= 11 is 1.41. The Balaban J connectivity index is 1.48. The second-order valence-electron chi connectivity index (χ2n) is 7.31. The molecule has 0 radical (unpaired) electrons. The number of ether oxygens (including phenoxy) is 1. The second kappa shape index (κ2) is 8.28. The monoisotopic (exact) mass is 401 g/mol. The van der Waals surface area contributed by atoms with E-state index in [2.05, 4.69) is 10.3 Å². The van der Waals surface area contributed by atoms with Gasteiger partial charge in [-0.05, 0) is 62.3 Å². The summed E-state index contributed by atoms with van der Waals surface area (Å²) in [6, 6.07) is 4.78. The number of carbonyl (C=O) groups excluding carboxylic acids is 2. The van der Waals surface area contributed by atoms with Crippen molar-refractivity contribution in [3.63, 3.8) is 0 Å². The van der Waals surface area contributed by atoms with Crippen LogP contribution in [0.5, 0.6) is 10.9 Å². The van der Waals surface area contributed by atoms with Crippen LogP contribution < -0.4 is 15.1 Å². The zero-order valence-corrected chi connectivity index (χ0v) is 16.5. The first kappa shape index (κ1) is 18.9. The summed E-state index contributed by atoms with van der Waals surface area (Å²) in [6.45, 7) is 2.35. The number of nitrogens with zero attached hydrogens (tertiary/aromatic N) is 2. The quantitative estimate of drug-likeness (QED) is 0.694. The number of thiazole rings is 1. The number of aryl methyl sites for hydroxylation is 1. The van der Waals surface area contributed by atoms with Crippen LogP contribution in [-0.4, -0.2) is 23.5 Å². The second-order valence-corrected chi connectivity index (χ2v) is 8.16. The third-order valence-corrected chi connectivity index (χ3v) is 5.67. The zero-order chi connectivity index (χ0) is 19.5. The fourth-order valence-corrected chi connectivity index (χ4v) is 3.37. The molecular weight excluding hydrogens is 378 g/mol. The van der Waals surface area contributed by atoms with Gasteiger partial charge in [-0.15, -0.1) is 0 Å². The largest absolute Gasteiger partial charge is 0.431 e. The maximum absolute atomic E-state index is 12.7. The molecule has 2 fully saturated rings. The molecule has 148 valence electrons. The number of rotatable bonds is 7. The Morgan fingerprint density at radius 3 is 2.71 bits per heavy atom. The average molecular weight is 401 g/mol. The number of hydroxylamine groups is 1. The van der Waals surface area contributed by atoms with E-state index in [0.29, 0.717) is 29.2 Å². The Labute approximate surface area is 167 Å². The third-order valence-electron chi connectivity index (χ3n) is 5.03. The van der Waals surface area contributed by atoms with E-state index in [9.17, 15) is 9.59 Å². The molecule has 1 N–H and O–H groups in total. The summed E-state index contributed by atoms with van der Waals surface area (Å²) in [4.78, 5) is 34.8. The van der Waals surface area contributed by atoms with Crippen molar-refractivity contribution in [3.05, 3.63) is 35.3 Å². The highest BCUT2D eigenvalue weighted by Crippen LogP contribution is 2.32. The lowest BCUT2D eigenvalue weighted by molar-refractivity contribution is -0.126. The van der Waals surface area contributed by atoms with Gasteiger partial charge in [-0.3, -0.25) is 14.9 Å². The standard InChI is InChI=1S/C20H23N3O4S/c1-13-11-16(7-8-17(13)27-20-21-9-10-28-20)23(26-12-14-5-6-14)19(25)22-18(24)15-3-2-4-15/h7-11,14-15H,2-6,12H2,1H3,(H,22,24,25). The highest BCUT2D eigenvalue weighted by atomic mass is 32.1. The summed E-state index contributed by atoms with van der Waals surface area (Å²) in [5.74, 6) is 0.847. The van der Waals surface area contributed by atoms with Gasteiger partial charge in [-0.25, -0.2) is 9.78 Å². The molecule has 0 bridgehead atoms. The van der Waals surface area contributed by atoms with E-state index in [4.69, 9.17) is 9.57 Å². The van der Waals surface area contributed by atoms with Gasteiger partial charge in [-0.2, -0.15) is 5.06 Å². The summed E-state index contributed by atoms with van der Waals surface area (Å²) in [5, 5.41) is 6.07. The lowest BCUT2D eigenvalue weighted by Crippen LogP contribution is -2.46. The highest BCUT2D eigenvalue weighted by Gasteiger charge is 2.30. The number of hydrogen-bond donors (Lipinski definition) is 1. The molecule has 2 aliphatic carbocycles. The first-order chi connectivity index (χ1) is 13.6. The Kier molecular flexibility index (Phi) is 5.59. The summed E-state index contributed by atoms with van der Waals surface area (Å²) in [6.07, 6.45) is 6.61. The first-order valence-corrected chi connectivity index (χ1v) is 10.4. The number of hydrogen-bond acceptors (Lipinski definition) is 6. The van der Waals surface area contributed by atoms with Gasteiger partial charge in [0.15, 0.2) is 0 Å². The molecule has 8 heteroatoms. The van der Waals surface area contributed by atoms with Gasteiger partial charge in [0, 0.05) is 17.5 Å². The topological polar surface area (TPSA) is 80.8 Å². The minimum absolute atomic E-state index is 0.0648. The number of benzene rings is 1. The van der Waals surface area contributed by atoms with Crippen molar-refractivity contribution in [3.8, 4) is 10.9 Å². The molecule has 1 aromatic carbocycles. The van der Waals surface area contributed by atoms with Crippen LogP contribution in [0, 0.1) is 18.8 Å². The molecule has 7 nitrogen and oxygen atoms in total. The number of imide groups is 1. The van der Waals surface area contributed by atoms with E-state index in [1.54, 1.807) is 18.3 Å². The third kappa shape index (κ3) is 4.51. The van der Waals surface area contributed by atoms with Crippen LogP contribution in [0.1, 0.15) is 37.7 Å². The molecule has 0 saturated heterocycles. The van der Waals surface area contributed by atoms with Gasteiger partial charge in [0.1, 0.15) is 5.75 Å². The number of carbonyl (C=O) groups is 2. The van der Waals surface area contributed by atoms with Crippen LogP contribution >= 0.6 is 11.3 Å². The van der Waals surface area contributed by atoms with Gasteiger partial charge in [-0.1, -0.05) is 17.8 Å². The Morgan fingerprint density at radius 1 is 1.29 bits per heavy atom. The maximum atomic E-state index is 12.7. The first-order valence-electron chi connectivity index (χ1n) is 9.56. The lowest BCUT2D eigenvalue weighted by atomic mass is 9.85. The molecule has 3 amide bonds. The normalized spacial score (nSPS) is 16.3. The van der Waals surface area contributed by atoms with E-state index < -0.39 is 6.03 Å². The van der Waals surface area contributed by atoms with Crippen LogP contribution in [-0.2, 0) is 9.63 Å². The van der Waals surface area contributed by atoms with Crippen LogP contribution in [0.25, 0.3) is 0 Å². The van der Waals surface area contributed by atoms with Crippen molar-refractivity contribution < 1.29 is 19.2 Å². The van der Waals surface area contributed by atoms with Crippen molar-refractivity contribution in [2.45, 2.75) is 39.0 Å². The zero-order valence-electron chi connectivity index (χ0n) is 15.7. The van der Waals surface area contributed by atoms with E-state index >= 15 is 0 Å². The van der Waals surface area contributed by atoms with E-state index in [1.165, 1.54) is 16.4 Å². The van der Waals surface area contributed by atoms with E-state index in [-0.39, 0.29) is 11.8 Å². The summed E-state index contributed by atoms with van der Waals surface area (Å²) in [5.41, 5.74) is 1.40. The highest BCUT2D eigenvalue weighted by molar-refractivity contribution is 7.11. The van der Waals surface area contributed by atoms with Crippen LogP contribution in [0.2, 0.25) is 0 Å². The maximum Gasteiger partial charge on any atom is 0.352 e. The van der Waals surface area contributed by atoms with Gasteiger partial charge >= 0.3 is 6.03 Å². The lowest BCUT2D eigenvalue weighted by Gasteiger charge is -2.26. The number of nitrogens with one attached hydrogen (secondary N) is 1. The Hall–Kier alpha value is -2.45. The molecule has 1 heterocycles. The van der Waals surface area contributed by atoms with E-state index in [1.807, 2.05) is 18.4 Å². The molecule has 28 heavy (non-hydrogen) atoms. The predicted molar refractivity (Wildman–Crippen MR) is 105 cm³/mol. The summed E-state index contributed by atoms with van der Waals surface area (Å²) in [7, 11) is 0. The molecule has 2 saturated carbocycles. The molecule has 0 aliphatic heterocycles. The van der Waals surface area contributed by atoms with E-state index in [0.717, 1.165) is 37.7 Å². The van der Waals surface area contributed by atoms with Gasteiger partial charge in [0.2, 0.25) is 5.91 Å². The number of anilines is 1. The fourth-order valence-electron chi connectivity index (χ4n) is 2.87. The van der Waals surface area contributed by atoms with Crippen molar-refractivity contribution >= 4 is 29.0 Å². The van der Waals surface area contributed by atoms with Crippen molar-refractivity contribution in [2.24, 2.45) is 11.8 Å². The molecule has 0 unspecified atom stereocenters. The molecule has 1 aromatic heterocycles. The minimum Gasteiger partial charge on any atom is -0.431 e. The van der Waals surface area contributed by atoms with Crippen LogP contribution in [0.4, 0.5) is 10.5 Å². The Bertz CT molecular complexity index is 847. The molecular formula is C20H23N3O4S. The number of urea groups is 1. The van der Waals surface area contributed by atoms with Gasteiger partial charge in [0.05, 0.1) is 12.3 Å². The molecule has 2 aromatic rings.